The van der Waals surface area contributed by atoms with Gasteiger partial charge < -0.3 is 10.2 Å². The summed E-state index contributed by atoms with van der Waals surface area (Å²) in [6.45, 7) is 0. The largest absolute Gasteiger partial charge is 0.393 e. The molecule has 0 aliphatic heterocycles. The molecular formula is C24H30O2. The molecule has 2 nitrogen and oxygen atoms in total. The molecule has 2 aliphatic carbocycles. The van der Waals surface area contributed by atoms with Gasteiger partial charge in [0.05, 0.1) is 12.2 Å². The van der Waals surface area contributed by atoms with Crippen LogP contribution in [-0.4, -0.2) is 22.4 Å². The highest BCUT2D eigenvalue weighted by atomic mass is 16.3. The first-order chi connectivity index (χ1) is 12.7. The van der Waals surface area contributed by atoms with Crippen molar-refractivity contribution in [3.05, 3.63) is 71.8 Å². The van der Waals surface area contributed by atoms with Crippen LogP contribution in [0.3, 0.4) is 0 Å². The average Bonchev–Trinajstić information content (AvgIpc) is 2.69. The third-order valence-electron chi connectivity index (χ3n) is 6.76. The summed E-state index contributed by atoms with van der Waals surface area (Å²) in [7, 11) is 0. The van der Waals surface area contributed by atoms with Crippen molar-refractivity contribution in [2.45, 2.75) is 62.6 Å². The number of hydrogen-bond acceptors (Lipinski definition) is 2. The lowest BCUT2D eigenvalue weighted by Gasteiger charge is -2.45. The van der Waals surface area contributed by atoms with Crippen LogP contribution in [0.4, 0.5) is 0 Å². The molecule has 0 radical (unpaired) electrons. The fourth-order valence-electron chi connectivity index (χ4n) is 5.54. The molecule has 2 fully saturated rings. The van der Waals surface area contributed by atoms with Crippen LogP contribution in [-0.2, 0) is 0 Å². The Morgan fingerprint density at radius 2 is 0.923 bits per heavy atom. The molecule has 2 aromatic carbocycles. The molecule has 0 aromatic heterocycles. The molecule has 0 amide bonds. The smallest absolute Gasteiger partial charge is 0.0546 e. The average molecular weight is 351 g/mol. The van der Waals surface area contributed by atoms with Crippen LogP contribution in [0.25, 0.3) is 0 Å². The lowest BCUT2D eigenvalue weighted by atomic mass is 9.60. The van der Waals surface area contributed by atoms with Crippen LogP contribution in [0.1, 0.15) is 61.5 Å². The zero-order chi connectivity index (χ0) is 17.9. The predicted molar refractivity (Wildman–Crippen MR) is 105 cm³/mol. The summed E-state index contributed by atoms with van der Waals surface area (Å²) < 4.78 is 0. The van der Waals surface area contributed by atoms with Gasteiger partial charge in [-0.05, 0) is 73.3 Å². The van der Waals surface area contributed by atoms with E-state index in [-0.39, 0.29) is 12.2 Å². The summed E-state index contributed by atoms with van der Waals surface area (Å²) in [4.78, 5) is 0. The highest BCUT2D eigenvalue weighted by Crippen LogP contribution is 2.51. The van der Waals surface area contributed by atoms with Crippen LogP contribution in [0.15, 0.2) is 60.7 Å². The number of aliphatic hydroxyl groups excluding tert-OH is 2. The Hall–Kier alpha value is -1.64. The molecule has 2 N–H and O–H groups in total. The summed E-state index contributed by atoms with van der Waals surface area (Å²) in [5.41, 5.74) is 2.74. The van der Waals surface area contributed by atoms with Crippen molar-refractivity contribution in [2.75, 3.05) is 0 Å². The van der Waals surface area contributed by atoms with E-state index in [2.05, 4.69) is 60.7 Å². The number of benzene rings is 2. The van der Waals surface area contributed by atoms with Crippen molar-refractivity contribution in [1.29, 1.82) is 0 Å². The molecule has 2 aliphatic rings. The van der Waals surface area contributed by atoms with Gasteiger partial charge in [0.1, 0.15) is 0 Å². The molecule has 138 valence electrons. The van der Waals surface area contributed by atoms with Crippen LogP contribution in [0.2, 0.25) is 0 Å². The van der Waals surface area contributed by atoms with E-state index in [1.807, 2.05) is 0 Å². The minimum atomic E-state index is -0.180. The summed E-state index contributed by atoms with van der Waals surface area (Å²) in [5, 5.41) is 20.7. The Kier molecular flexibility index (Phi) is 5.42. The van der Waals surface area contributed by atoms with Gasteiger partial charge >= 0.3 is 0 Å². The molecule has 2 aromatic rings. The number of hydrogen-bond donors (Lipinski definition) is 2. The molecule has 26 heavy (non-hydrogen) atoms. The highest BCUT2D eigenvalue weighted by Gasteiger charge is 2.41. The van der Waals surface area contributed by atoms with E-state index in [0.29, 0.717) is 23.7 Å². The van der Waals surface area contributed by atoms with Crippen molar-refractivity contribution >= 4 is 0 Å². The van der Waals surface area contributed by atoms with Gasteiger partial charge in [0, 0.05) is 0 Å². The van der Waals surface area contributed by atoms with Crippen molar-refractivity contribution in [1.82, 2.24) is 0 Å². The zero-order valence-corrected chi connectivity index (χ0v) is 15.4. The van der Waals surface area contributed by atoms with Gasteiger partial charge in [0.2, 0.25) is 0 Å². The first-order valence-electron chi connectivity index (χ1n) is 10.2. The monoisotopic (exact) mass is 350 g/mol. The Balaban J connectivity index is 1.65. The van der Waals surface area contributed by atoms with Gasteiger partial charge in [0.15, 0.2) is 0 Å². The Labute approximate surface area is 156 Å². The van der Waals surface area contributed by atoms with Crippen molar-refractivity contribution < 1.29 is 10.2 Å². The molecule has 0 spiro atoms. The van der Waals surface area contributed by atoms with E-state index in [1.165, 1.54) is 11.1 Å². The van der Waals surface area contributed by atoms with Crippen LogP contribution >= 0.6 is 0 Å². The molecule has 0 bridgehead atoms. The van der Waals surface area contributed by atoms with E-state index in [9.17, 15) is 10.2 Å². The maximum atomic E-state index is 10.3. The van der Waals surface area contributed by atoms with E-state index in [0.717, 1.165) is 38.5 Å². The second-order valence-corrected chi connectivity index (χ2v) is 8.30. The third kappa shape index (κ3) is 3.72. The van der Waals surface area contributed by atoms with Crippen molar-refractivity contribution in [3.63, 3.8) is 0 Å². The Morgan fingerprint density at radius 3 is 1.31 bits per heavy atom. The van der Waals surface area contributed by atoms with E-state index in [1.54, 1.807) is 0 Å². The van der Waals surface area contributed by atoms with Gasteiger partial charge in [0.25, 0.3) is 0 Å². The second kappa shape index (κ2) is 7.94. The van der Waals surface area contributed by atoms with Crippen LogP contribution < -0.4 is 0 Å². The van der Waals surface area contributed by atoms with E-state index >= 15 is 0 Å². The summed E-state index contributed by atoms with van der Waals surface area (Å²) >= 11 is 0. The molecule has 6 unspecified atom stereocenters. The molecule has 0 saturated heterocycles. The molecule has 2 saturated carbocycles. The molecule has 6 atom stereocenters. The van der Waals surface area contributed by atoms with Gasteiger partial charge in [-0.1, -0.05) is 60.7 Å². The maximum Gasteiger partial charge on any atom is 0.0546 e. The zero-order valence-electron chi connectivity index (χ0n) is 15.4. The predicted octanol–water partition coefficient (Wildman–Crippen LogP) is 4.88. The third-order valence-corrected chi connectivity index (χ3v) is 6.76. The second-order valence-electron chi connectivity index (χ2n) is 8.30. The van der Waals surface area contributed by atoms with Gasteiger partial charge in [-0.2, -0.15) is 0 Å². The molecular weight excluding hydrogens is 320 g/mol. The molecule has 0 heterocycles. The summed E-state index contributed by atoms with van der Waals surface area (Å²) in [5.74, 6) is 2.01. The first-order valence-corrected chi connectivity index (χ1v) is 10.2. The SMILES string of the molecule is OC1CCC(C2CCC(O)CC2c2ccccc2)C(c2ccccc2)C1. The minimum Gasteiger partial charge on any atom is -0.393 e. The fraction of sp³-hybridized carbons (Fsp3) is 0.500. The van der Waals surface area contributed by atoms with Gasteiger partial charge in [-0.25, -0.2) is 0 Å². The van der Waals surface area contributed by atoms with Crippen molar-refractivity contribution in [2.24, 2.45) is 11.8 Å². The van der Waals surface area contributed by atoms with E-state index in [4.69, 9.17) is 0 Å². The maximum absolute atomic E-state index is 10.3. The quantitative estimate of drug-likeness (QED) is 0.828. The van der Waals surface area contributed by atoms with Gasteiger partial charge in [-0.15, -0.1) is 0 Å². The lowest BCUT2D eigenvalue weighted by molar-refractivity contribution is 0.0298. The van der Waals surface area contributed by atoms with E-state index < -0.39 is 0 Å². The first kappa shape index (κ1) is 17.8. The normalized spacial score (nSPS) is 35.2. The van der Waals surface area contributed by atoms with Crippen molar-refractivity contribution in [3.8, 4) is 0 Å². The lowest BCUT2D eigenvalue weighted by Crippen LogP contribution is -2.37. The Bertz CT molecular complexity index is 622. The Morgan fingerprint density at radius 1 is 0.538 bits per heavy atom. The molecule has 4 rings (SSSR count). The minimum absolute atomic E-state index is 0.180. The highest BCUT2D eigenvalue weighted by molar-refractivity contribution is 5.25. The summed E-state index contributed by atoms with van der Waals surface area (Å²) in [6.07, 6.45) is 5.38. The fourth-order valence-corrected chi connectivity index (χ4v) is 5.54. The summed E-state index contributed by atoms with van der Waals surface area (Å²) in [6, 6.07) is 21.5. The molecule has 2 heteroatoms. The number of aliphatic hydroxyl groups is 2. The van der Waals surface area contributed by atoms with Crippen LogP contribution in [0, 0.1) is 11.8 Å². The number of rotatable bonds is 3. The van der Waals surface area contributed by atoms with Crippen LogP contribution in [0.5, 0.6) is 0 Å². The van der Waals surface area contributed by atoms with Gasteiger partial charge in [-0.3, -0.25) is 0 Å². The standard InChI is InChI=1S/C24H30O2/c25-19-11-13-21(23(15-19)17-7-3-1-4-8-17)22-14-12-20(26)16-24(22)18-9-5-2-6-10-18/h1-10,19-26H,11-16H2. The topological polar surface area (TPSA) is 40.5 Å².